The molecule has 0 aliphatic carbocycles. The summed E-state index contributed by atoms with van der Waals surface area (Å²) in [6.07, 6.45) is 1.40. The van der Waals surface area contributed by atoms with Crippen LogP contribution in [0.5, 0.6) is 17.2 Å². The SMILES string of the molecule is COc1ccc([C@@H]2Oc3ccc(Cl)cc3C3=C2[C@H](c2ccc(F)cc2)n2nc(SC)nc2N3)cc1OC. The quantitative estimate of drug-likeness (QED) is 0.297. The summed E-state index contributed by atoms with van der Waals surface area (Å²) in [5, 5.41) is 9.44. The Balaban J connectivity index is 1.62. The van der Waals surface area contributed by atoms with Crippen molar-refractivity contribution in [3.63, 3.8) is 0 Å². The van der Waals surface area contributed by atoms with E-state index in [1.165, 1.54) is 23.9 Å². The first-order valence-corrected chi connectivity index (χ1v) is 13.1. The lowest BCUT2D eigenvalue weighted by atomic mass is 9.84. The molecular weight excluding hydrogens is 515 g/mol. The van der Waals surface area contributed by atoms with E-state index in [1.807, 2.05) is 41.3 Å². The van der Waals surface area contributed by atoms with Crippen LogP contribution < -0.4 is 19.5 Å². The van der Waals surface area contributed by atoms with E-state index in [9.17, 15) is 4.39 Å². The van der Waals surface area contributed by atoms with E-state index < -0.39 is 12.1 Å². The number of benzene rings is 3. The minimum absolute atomic E-state index is 0.316. The lowest BCUT2D eigenvalue weighted by Gasteiger charge is -2.39. The van der Waals surface area contributed by atoms with Crippen LogP contribution in [0.1, 0.15) is 28.8 Å². The first-order chi connectivity index (χ1) is 18.0. The molecule has 0 amide bonds. The Morgan fingerprint density at radius 1 is 1.00 bits per heavy atom. The van der Waals surface area contributed by atoms with Gasteiger partial charge in [0.1, 0.15) is 23.7 Å². The molecule has 4 aromatic rings. The predicted octanol–water partition coefficient (Wildman–Crippen LogP) is 6.37. The number of methoxy groups -OCH3 is 2. The maximum absolute atomic E-state index is 14.0. The highest BCUT2D eigenvalue weighted by atomic mass is 35.5. The number of nitrogens with zero attached hydrogens (tertiary/aromatic N) is 3. The smallest absolute Gasteiger partial charge is 0.227 e. The second-order valence-electron chi connectivity index (χ2n) is 8.53. The van der Waals surface area contributed by atoms with Gasteiger partial charge in [0.2, 0.25) is 11.1 Å². The summed E-state index contributed by atoms with van der Waals surface area (Å²) in [5.41, 5.74) is 4.22. The number of anilines is 1. The molecule has 1 N–H and O–H groups in total. The average molecular weight is 537 g/mol. The van der Waals surface area contributed by atoms with Crippen molar-refractivity contribution in [2.24, 2.45) is 0 Å². The van der Waals surface area contributed by atoms with Gasteiger partial charge < -0.3 is 19.5 Å². The summed E-state index contributed by atoms with van der Waals surface area (Å²) in [5.74, 6) is 2.14. The molecule has 1 aromatic heterocycles. The maximum Gasteiger partial charge on any atom is 0.227 e. The molecule has 37 heavy (non-hydrogen) atoms. The second-order valence-corrected chi connectivity index (χ2v) is 9.74. The zero-order chi connectivity index (χ0) is 25.7. The third kappa shape index (κ3) is 3.98. The van der Waals surface area contributed by atoms with Crippen LogP contribution in [-0.2, 0) is 0 Å². The number of ether oxygens (including phenoxy) is 3. The highest BCUT2D eigenvalue weighted by Crippen LogP contribution is 2.52. The fourth-order valence-corrected chi connectivity index (χ4v) is 5.34. The Morgan fingerprint density at radius 3 is 2.49 bits per heavy atom. The number of halogens is 2. The van der Waals surface area contributed by atoms with Crippen molar-refractivity contribution < 1.29 is 18.6 Å². The van der Waals surface area contributed by atoms with Crippen molar-refractivity contribution in [2.75, 3.05) is 25.8 Å². The zero-order valence-electron chi connectivity index (χ0n) is 20.2. The van der Waals surface area contributed by atoms with Crippen molar-refractivity contribution in [1.82, 2.24) is 14.8 Å². The monoisotopic (exact) mass is 536 g/mol. The van der Waals surface area contributed by atoms with Crippen molar-refractivity contribution in [3.8, 4) is 17.2 Å². The molecule has 0 spiro atoms. The van der Waals surface area contributed by atoms with Crippen LogP contribution in [0.3, 0.4) is 0 Å². The van der Waals surface area contributed by atoms with Gasteiger partial charge in [0.15, 0.2) is 11.5 Å². The topological polar surface area (TPSA) is 70.4 Å². The second kappa shape index (κ2) is 9.32. The van der Waals surface area contributed by atoms with E-state index in [0.29, 0.717) is 33.4 Å². The number of rotatable bonds is 5. The molecular formula is C27H22ClFN4O3S. The third-order valence-electron chi connectivity index (χ3n) is 6.49. The van der Waals surface area contributed by atoms with Gasteiger partial charge in [-0.2, -0.15) is 4.98 Å². The van der Waals surface area contributed by atoms with Crippen LogP contribution >= 0.6 is 23.4 Å². The van der Waals surface area contributed by atoms with Crippen LogP contribution in [0.2, 0.25) is 5.02 Å². The highest BCUT2D eigenvalue weighted by Gasteiger charge is 2.41. The Morgan fingerprint density at radius 2 is 1.76 bits per heavy atom. The number of aromatic nitrogens is 3. The van der Waals surface area contributed by atoms with Gasteiger partial charge in [0.05, 0.1) is 19.9 Å². The van der Waals surface area contributed by atoms with Crippen molar-refractivity contribution >= 4 is 35.0 Å². The summed E-state index contributed by atoms with van der Waals surface area (Å²) < 4.78 is 33.5. The molecule has 2 aliphatic heterocycles. The van der Waals surface area contributed by atoms with E-state index in [2.05, 4.69) is 10.3 Å². The fraction of sp³-hybridized carbons (Fsp3) is 0.185. The molecule has 3 aromatic carbocycles. The van der Waals surface area contributed by atoms with Gasteiger partial charge in [-0.05, 0) is 54.3 Å². The largest absolute Gasteiger partial charge is 0.493 e. The lowest BCUT2D eigenvalue weighted by Crippen LogP contribution is -2.32. The molecule has 188 valence electrons. The fourth-order valence-electron chi connectivity index (χ4n) is 4.83. The zero-order valence-corrected chi connectivity index (χ0v) is 21.7. The van der Waals surface area contributed by atoms with Gasteiger partial charge in [0.25, 0.3) is 0 Å². The molecule has 0 saturated heterocycles. The number of thioether (sulfide) groups is 1. The van der Waals surface area contributed by atoms with E-state index >= 15 is 0 Å². The molecule has 7 nitrogen and oxygen atoms in total. The van der Waals surface area contributed by atoms with Crippen LogP contribution in [0, 0.1) is 5.82 Å². The Labute approximate surface area is 222 Å². The van der Waals surface area contributed by atoms with Gasteiger partial charge in [-0.3, -0.25) is 0 Å². The summed E-state index contributed by atoms with van der Waals surface area (Å²) in [7, 11) is 3.20. The third-order valence-corrected chi connectivity index (χ3v) is 7.27. The van der Waals surface area contributed by atoms with Gasteiger partial charge in [-0.15, -0.1) is 5.10 Å². The Bertz CT molecular complexity index is 1540. The first-order valence-electron chi connectivity index (χ1n) is 11.5. The van der Waals surface area contributed by atoms with Gasteiger partial charge in [-0.1, -0.05) is 41.6 Å². The molecule has 0 bridgehead atoms. The van der Waals surface area contributed by atoms with Crippen molar-refractivity contribution in [2.45, 2.75) is 17.3 Å². The molecule has 0 fully saturated rings. The summed E-state index contributed by atoms with van der Waals surface area (Å²) in [6, 6.07) is 17.2. The van der Waals surface area contributed by atoms with E-state index in [-0.39, 0.29) is 5.82 Å². The molecule has 0 radical (unpaired) electrons. The van der Waals surface area contributed by atoms with Gasteiger partial charge in [-0.25, -0.2) is 9.07 Å². The van der Waals surface area contributed by atoms with Crippen molar-refractivity contribution in [3.05, 3.63) is 93.8 Å². The molecule has 2 atom stereocenters. The van der Waals surface area contributed by atoms with E-state index in [4.69, 9.17) is 30.9 Å². The highest BCUT2D eigenvalue weighted by molar-refractivity contribution is 7.98. The standard InChI is InChI=1S/C27H22ClFN4O3S/c1-34-20-10-6-15(12-21(20)35-2)25-22-23(18-13-16(28)7-11-19(18)36-25)30-26-31-27(37-3)32-33(26)24(22)14-4-8-17(29)9-5-14/h4-13,24-25H,1-3H3,(H,30,31,32)/t24-,25-/m0/s1. The Kier molecular flexibility index (Phi) is 5.97. The predicted molar refractivity (Wildman–Crippen MR) is 141 cm³/mol. The molecule has 0 saturated carbocycles. The number of nitrogens with one attached hydrogen (secondary N) is 1. The summed E-state index contributed by atoms with van der Waals surface area (Å²) in [4.78, 5) is 4.68. The maximum atomic E-state index is 14.0. The van der Waals surface area contributed by atoms with Crippen LogP contribution in [-0.4, -0.2) is 35.2 Å². The number of fused-ring (bicyclic) bond motifs is 3. The number of hydrogen-bond donors (Lipinski definition) is 1. The molecule has 10 heteroatoms. The molecule has 6 rings (SSSR count). The average Bonchev–Trinajstić information content (AvgIpc) is 3.35. The van der Waals surface area contributed by atoms with Crippen molar-refractivity contribution in [1.29, 1.82) is 0 Å². The molecule has 0 unspecified atom stereocenters. The van der Waals surface area contributed by atoms with Crippen LogP contribution in [0.15, 0.2) is 71.4 Å². The lowest BCUT2D eigenvalue weighted by molar-refractivity contribution is 0.222. The minimum atomic E-state index is -0.527. The van der Waals surface area contributed by atoms with Gasteiger partial charge in [0, 0.05) is 21.7 Å². The molecule has 3 heterocycles. The molecule has 2 aliphatic rings. The first kappa shape index (κ1) is 23.7. The minimum Gasteiger partial charge on any atom is -0.493 e. The Hall–Kier alpha value is -3.69. The van der Waals surface area contributed by atoms with Gasteiger partial charge >= 0.3 is 0 Å². The van der Waals surface area contributed by atoms with Crippen LogP contribution in [0.4, 0.5) is 10.3 Å². The van der Waals surface area contributed by atoms with Crippen LogP contribution in [0.25, 0.3) is 5.70 Å². The summed E-state index contributed by atoms with van der Waals surface area (Å²) >= 11 is 7.86. The van der Waals surface area contributed by atoms with E-state index in [1.54, 1.807) is 32.4 Å². The number of hydrogen-bond acceptors (Lipinski definition) is 7. The normalized spacial score (nSPS) is 17.8. The summed E-state index contributed by atoms with van der Waals surface area (Å²) in [6.45, 7) is 0. The van der Waals surface area contributed by atoms with E-state index in [0.717, 1.165) is 28.0 Å².